The lowest BCUT2D eigenvalue weighted by molar-refractivity contribution is -0.432. The van der Waals surface area contributed by atoms with Gasteiger partial charge < -0.3 is 10.2 Å². The fraction of sp³-hybridized carbons (Fsp3) is 0.200. The average Bonchev–Trinajstić information content (AvgIpc) is 2.60. The second-order valence-electron chi connectivity index (χ2n) is 5.81. The van der Waals surface area contributed by atoms with Crippen LogP contribution in [0.5, 0.6) is 11.5 Å². The maximum absolute atomic E-state index is 14.1. The summed E-state index contributed by atoms with van der Waals surface area (Å²) in [5, 5.41) is 30.5. The topological polar surface area (TPSA) is 134 Å². The minimum atomic E-state index is -6.15. The maximum Gasteiger partial charge on any atom is 0.411 e. The van der Waals surface area contributed by atoms with Crippen LogP contribution in [0.2, 0.25) is 0 Å². The molecule has 0 amide bonds. The Hall–Kier alpha value is -2.24. The molecule has 172 valence electrons. The Balaban J connectivity index is 2.98. The van der Waals surface area contributed by atoms with Crippen LogP contribution in [0.4, 0.5) is 26.3 Å². The molecule has 0 bridgehead atoms. The SMILES string of the molecule is O=S(=O)(O)c1cc(C(c2ccc(O)c(SOOO)c2)(C(F)(F)F)C(F)(F)F)ccc1O. The predicted octanol–water partition coefficient (Wildman–Crippen LogP) is 4.18. The predicted molar refractivity (Wildman–Crippen MR) is 89.6 cm³/mol. The Kier molecular flexibility index (Phi) is 6.75. The summed E-state index contributed by atoms with van der Waals surface area (Å²) in [5.74, 6) is -2.13. The number of alkyl halides is 6. The first kappa shape index (κ1) is 25.0. The van der Waals surface area contributed by atoms with Gasteiger partial charge in [0.15, 0.2) is 0 Å². The van der Waals surface area contributed by atoms with Crippen molar-refractivity contribution in [1.82, 2.24) is 0 Å². The van der Waals surface area contributed by atoms with E-state index in [2.05, 4.69) is 9.37 Å². The molecule has 31 heavy (non-hydrogen) atoms. The van der Waals surface area contributed by atoms with E-state index in [-0.39, 0.29) is 42.4 Å². The zero-order valence-electron chi connectivity index (χ0n) is 14.5. The number of hydrogen-bond donors (Lipinski definition) is 4. The standard InChI is InChI=1S/C15H10F6O8S2/c16-14(17,18)13(15(19,20)21,7-1-3-9(22)11(5-7)30-29-28-24)8-2-4-10(23)12(6-8)31(25,26)27/h1-6,22-24H,(H,25,26,27). The van der Waals surface area contributed by atoms with Gasteiger partial charge in [0, 0.05) is 0 Å². The van der Waals surface area contributed by atoms with Crippen LogP contribution in [0.1, 0.15) is 11.1 Å². The molecule has 0 radical (unpaired) electrons. The summed E-state index contributed by atoms with van der Waals surface area (Å²) in [6.45, 7) is 0. The number of hydrogen-bond acceptors (Lipinski definition) is 8. The molecule has 0 spiro atoms. The van der Waals surface area contributed by atoms with E-state index in [1.807, 2.05) is 0 Å². The van der Waals surface area contributed by atoms with E-state index < -0.39 is 60.3 Å². The van der Waals surface area contributed by atoms with Gasteiger partial charge in [-0.05, 0) is 35.4 Å². The van der Waals surface area contributed by atoms with E-state index in [1.54, 1.807) is 0 Å². The van der Waals surface area contributed by atoms with E-state index in [0.717, 1.165) is 0 Å². The molecule has 0 aromatic heterocycles. The molecule has 0 aliphatic heterocycles. The summed E-state index contributed by atoms with van der Waals surface area (Å²) < 4.78 is 120. The van der Waals surface area contributed by atoms with Crippen LogP contribution >= 0.6 is 12.0 Å². The van der Waals surface area contributed by atoms with Crippen molar-refractivity contribution in [2.45, 2.75) is 27.6 Å². The van der Waals surface area contributed by atoms with Gasteiger partial charge in [0.1, 0.15) is 16.4 Å². The molecule has 2 rings (SSSR count). The molecule has 2 aromatic rings. The van der Waals surface area contributed by atoms with Crippen LogP contribution < -0.4 is 0 Å². The van der Waals surface area contributed by atoms with Crippen molar-refractivity contribution in [2.75, 3.05) is 0 Å². The zero-order chi connectivity index (χ0) is 23.8. The third-order valence-electron chi connectivity index (χ3n) is 4.07. The van der Waals surface area contributed by atoms with Gasteiger partial charge in [-0.15, -0.1) is 4.33 Å². The second-order valence-corrected chi connectivity index (χ2v) is 7.94. The Bertz CT molecular complexity index is 1050. The van der Waals surface area contributed by atoms with Gasteiger partial charge >= 0.3 is 12.4 Å². The molecule has 0 aliphatic carbocycles. The van der Waals surface area contributed by atoms with Crippen molar-refractivity contribution in [1.29, 1.82) is 0 Å². The monoisotopic (exact) mass is 496 g/mol. The summed E-state index contributed by atoms with van der Waals surface area (Å²) in [5.41, 5.74) is -8.13. The Labute approximate surface area is 173 Å². The quantitative estimate of drug-likeness (QED) is 0.153. The molecule has 0 saturated heterocycles. The van der Waals surface area contributed by atoms with Crippen molar-refractivity contribution in [3.05, 3.63) is 47.5 Å². The number of aromatic hydroxyl groups is 2. The van der Waals surface area contributed by atoms with Gasteiger partial charge in [-0.2, -0.15) is 34.8 Å². The highest BCUT2D eigenvalue weighted by Gasteiger charge is 2.72. The third-order valence-corrected chi connectivity index (χ3v) is 5.59. The molecule has 0 unspecified atom stereocenters. The molecule has 0 atom stereocenters. The summed E-state index contributed by atoms with van der Waals surface area (Å²) in [7, 11) is -5.41. The Morgan fingerprint density at radius 1 is 0.839 bits per heavy atom. The number of rotatable bonds is 6. The summed E-state index contributed by atoms with van der Waals surface area (Å²) in [6.07, 6.45) is -12.3. The number of halogens is 6. The lowest BCUT2D eigenvalue weighted by Crippen LogP contribution is -2.54. The first-order chi connectivity index (χ1) is 14.1. The molecule has 2 aromatic carbocycles. The van der Waals surface area contributed by atoms with E-state index in [9.17, 15) is 45.0 Å². The van der Waals surface area contributed by atoms with Gasteiger partial charge in [0.05, 0.1) is 16.9 Å². The molecular weight excluding hydrogens is 486 g/mol. The molecule has 8 nitrogen and oxygen atoms in total. The normalized spacial score (nSPS) is 13.4. The third kappa shape index (κ3) is 4.53. The van der Waals surface area contributed by atoms with E-state index in [0.29, 0.717) is 6.07 Å². The molecule has 0 fully saturated rings. The number of phenolic OH excluding ortho intramolecular Hbond substituents is 2. The molecule has 0 saturated carbocycles. The summed E-state index contributed by atoms with van der Waals surface area (Å²) >= 11 is -0.129. The van der Waals surface area contributed by atoms with Crippen LogP contribution in [0.25, 0.3) is 0 Å². The molecular formula is C15H10F6O8S2. The zero-order valence-corrected chi connectivity index (χ0v) is 16.1. The van der Waals surface area contributed by atoms with Gasteiger partial charge in [0.25, 0.3) is 10.1 Å². The lowest BCUT2D eigenvalue weighted by atomic mass is 9.73. The Morgan fingerprint density at radius 2 is 1.32 bits per heavy atom. The lowest BCUT2D eigenvalue weighted by Gasteiger charge is -2.38. The smallest absolute Gasteiger partial charge is 0.411 e. The minimum absolute atomic E-state index is 0.129. The van der Waals surface area contributed by atoms with E-state index in [4.69, 9.17) is 9.81 Å². The van der Waals surface area contributed by atoms with E-state index >= 15 is 0 Å². The summed E-state index contributed by atoms with van der Waals surface area (Å²) in [4.78, 5) is -2.33. The van der Waals surface area contributed by atoms with Crippen LogP contribution in [0.3, 0.4) is 0 Å². The highest BCUT2D eigenvalue weighted by molar-refractivity contribution is 7.94. The average molecular weight is 496 g/mol. The molecule has 4 N–H and O–H groups in total. The van der Waals surface area contributed by atoms with Crippen molar-refractivity contribution < 1.29 is 64.2 Å². The number of benzene rings is 2. The number of phenols is 2. The molecule has 0 heterocycles. The second kappa shape index (κ2) is 8.36. The maximum atomic E-state index is 14.1. The molecule has 16 heteroatoms. The van der Waals surface area contributed by atoms with E-state index in [1.165, 1.54) is 0 Å². The first-order valence-electron chi connectivity index (χ1n) is 7.50. The van der Waals surface area contributed by atoms with Crippen molar-refractivity contribution in [3.8, 4) is 11.5 Å². The van der Waals surface area contributed by atoms with Crippen molar-refractivity contribution in [3.63, 3.8) is 0 Å². The van der Waals surface area contributed by atoms with Gasteiger partial charge in [0.2, 0.25) is 5.41 Å². The Morgan fingerprint density at radius 3 is 1.77 bits per heavy atom. The van der Waals surface area contributed by atoms with Crippen molar-refractivity contribution in [2.24, 2.45) is 0 Å². The van der Waals surface area contributed by atoms with Crippen molar-refractivity contribution >= 4 is 22.2 Å². The fourth-order valence-corrected chi connectivity index (χ4v) is 3.84. The van der Waals surface area contributed by atoms with Crippen LogP contribution in [0, 0.1) is 0 Å². The van der Waals surface area contributed by atoms with Gasteiger partial charge in [-0.3, -0.25) is 4.55 Å². The molecule has 0 aliphatic rings. The van der Waals surface area contributed by atoms with Gasteiger partial charge in [-0.1, -0.05) is 17.2 Å². The van der Waals surface area contributed by atoms with Crippen LogP contribution in [0.15, 0.2) is 46.2 Å². The highest BCUT2D eigenvalue weighted by Crippen LogP contribution is 2.57. The highest BCUT2D eigenvalue weighted by atomic mass is 32.2. The fourth-order valence-electron chi connectivity index (χ4n) is 2.80. The first-order valence-corrected chi connectivity index (χ1v) is 9.68. The van der Waals surface area contributed by atoms with Crippen LogP contribution in [-0.4, -0.2) is 40.8 Å². The minimum Gasteiger partial charge on any atom is -0.507 e. The largest absolute Gasteiger partial charge is 0.507 e. The van der Waals surface area contributed by atoms with Crippen LogP contribution in [-0.2, 0) is 24.9 Å². The van der Waals surface area contributed by atoms with Gasteiger partial charge in [-0.25, -0.2) is 5.26 Å². The summed E-state index contributed by atoms with van der Waals surface area (Å²) in [6, 6.07) is 1.22.